The maximum Gasteiger partial charge on any atom is 0.318 e. The number of aryl methyl sites for hydroxylation is 1. The van der Waals surface area contributed by atoms with Crippen molar-refractivity contribution in [3.63, 3.8) is 0 Å². The average Bonchev–Trinajstić information content (AvgIpc) is 2.53. The van der Waals surface area contributed by atoms with Gasteiger partial charge in [-0.05, 0) is 24.0 Å². The Labute approximate surface area is 139 Å². The van der Waals surface area contributed by atoms with Crippen LogP contribution in [0.25, 0.3) is 0 Å². The van der Waals surface area contributed by atoms with Crippen LogP contribution < -0.4 is 5.32 Å². The van der Waals surface area contributed by atoms with E-state index in [-0.39, 0.29) is 18.2 Å². The number of rotatable bonds is 5. The number of hydrogen-bond acceptors (Lipinski definition) is 3. The highest BCUT2D eigenvalue weighted by Crippen LogP contribution is 2.25. The van der Waals surface area contributed by atoms with E-state index < -0.39 is 0 Å². The van der Waals surface area contributed by atoms with Gasteiger partial charge in [-0.2, -0.15) is 0 Å². The van der Waals surface area contributed by atoms with Crippen LogP contribution in [0.4, 0.5) is 4.79 Å². The molecule has 0 aliphatic carbocycles. The topological polar surface area (TPSA) is 50.8 Å². The van der Waals surface area contributed by atoms with Crippen LogP contribution in [0.3, 0.4) is 0 Å². The van der Waals surface area contributed by atoms with Gasteiger partial charge in [-0.15, -0.1) is 0 Å². The number of amides is 2. The van der Waals surface area contributed by atoms with Gasteiger partial charge in [0.15, 0.2) is 0 Å². The molecule has 1 saturated heterocycles. The number of benzene rings is 1. The number of urea groups is 1. The van der Waals surface area contributed by atoms with E-state index in [9.17, 15) is 4.79 Å². The van der Waals surface area contributed by atoms with Crippen LogP contribution in [-0.2, 0) is 9.47 Å². The molecule has 0 unspecified atom stereocenters. The lowest BCUT2D eigenvalue weighted by Crippen LogP contribution is -2.51. The number of ether oxygens (including phenoxy) is 2. The minimum Gasteiger partial charge on any atom is -0.382 e. The van der Waals surface area contributed by atoms with Gasteiger partial charge < -0.3 is 19.7 Å². The lowest BCUT2D eigenvalue weighted by molar-refractivity contribution is -0.0497. The third-order valence-corrected chi connectivity index (χ3v) is 4.25. The maximum absolute atomic E-state index is 12.7. The largest absolute Gasteiger partial charge is 0.382 e. The van der Waals surface area contributed by atoms with Crippen LogP contribution in [-0.4, -0.2) is 50.4 Å². The van der Waals surface area contributed by atoms with E-state index in [2.05, 4.69) is 38.2 Å². The summed E-state index contributed by atoms with van der Waals surface area (Å²) in [5, 5.41) is 3.20. The van der Waals surface area contributed by atoms with Crippen molar-refractivity contribution in [3.8, 4) is 0 Å². The zero-order valence-corrected chi connectivity index (χ0v) is 14.5. The first-order valence-electron chi connectivity index (χ1n) is 8.24. The van der Waals surface area contributed by atoms with Crippen molar-refractivity contribution in [2.45, 2.75) is 32.9 Å². The maximum atomic E-state index is 12.7. The molecule has 0 spiro atoms. The third-order valence-electron chi connectivity index (χ3n) is 4.25. The molecule has 1 aliphatic rings. The summed E-state index contributed by atoms with van der Waals surface area (Å²) in [6, 6.07) is 8.19. The Morgan fingerprint density at radius 2 is 2.17 bits per heavy atom. The Bertz CT molecular complexity index is 517. The number of carbonyl (C=O) groups is 1. The van der Waals surface area contributed by atoms with E-state index in [1.54, 1.807) is 7.11 Å². The molecule has 5 nitrogen and oxygen atoms in total. The Morgan fingerprint density at radius 3 is 2.83 bits per heavy atom. The first-order valence-corrected chi connectivity index (χ1v) is 8.24. The van der Waals surface area contributed by atoms with Crippen molar-refractivity contribution >= 4 is 6.03 Å². The van der Waals surface area contributed by atoms with Gasteiger partial charge in [0, 0.05) is 13.7 Å². The molecule has 0 aromatic heterocycles. The minimum absolute atomic E-state index is 0.00687. The van der Waals surface area contributed by atoms with Gasteiger partial charge in [0.1, 0.15) is 0 Å². The monoisotopic (exact) mass is 320 g/mol. The summed E-state index contributed by atoms with van der Waals surface area (Å²) in [7, 11) is 1.65. The van der Waals surface area contributed by atoms with Crippen molar-refractivity contribution in [3.05, 3.63) is 35.4 Å². The molecule has 1 N–H and O–H groups in total. The normalized spacial score (nSPS) is 19.7. The van der Waals surface area contributed by atoms with E-state index in [4.69, 9.17) is 9.47 Å². The molecule has 0 radical (unpaired) electrons. The van der Waals surface area contributed by atoms with Crippen LogP contribution >= 0.6 is 0 Å². The summed E-state index contributed by atoms with van der Waals surface area (Å²) in [6.07, 6.45) is -0.0459. The highest BCUT2D eigenvalue weighted by molar-refractivity contribution is 5.75. The number of nitrogens with zero attached hydrogens (tertiary/aromatic N) is 1. The lowest BCUT2D eigenvalue weighted by atomic mass is 9.93. The lowest BCUT2D eigenvalue weighted by Gasteiger charge is -2.34. The molecule has 23 heavy (non-hydrogen) atoms. The zero-order chi connectivity index (χ0) is 16.8. The number of methoxy groups -OCH3 is 1. The van der Waals surface area contributed by atoms with Gasteiger partial charge in [0.05, 0.1) is 31.9 Å². The minimum atomic E-state index is -0.0459. The summed E-state index contributed by atoms with van der Waals surface area (Å²) in [6.45, 7) is 8.59. The second-order valence-corrected chi connectivity index (χ2v) is 6.42. The smallest absolute Gasteiger partial charge is 0.318 e. The molecular weight excluding hydrogens is 292 g/mol. The molecule has 2 rings (SSSR count). The molecule has 2 amide bonds. The highest BCUT2D eigenvalue weighted by Gasteiger charge is 2.27. The van der Waals surface area contributed by atoms with E-state index in [1.807, 2.05) is 17.0 Å². The number of hydrogen-bond donors (Lipinski definition) is 1. The summed E-state index contributed by atoms with van der Waals surface area (Å²) in [5.74, 6) is 0.316. The molecule has 128 valence electrons. The molecule has 2 atom stereocenters. The molecule has 5 heteroatoms. The van der Waals surface area contributed by atoms with Crippen molar-refractivity contribution < 1.29 is 14.3 Å². The van der Waals surface area contributed by atoms with Gasteiger partial charge >= 0.3 is 6.03 Å². The number of nitrogens with one attached hydrogen (secondary N) is 1. The van der Waals surface area contributed by atoms with E-state index in [0.717, 1.165) is 0 Å². The van der Waals surface area contributed by atoms with E-state index in [0.29, 0.717) is 32.2 Å². The van der Waals surface area contributed by atoms with E-state index >= 15 is 0 Å². The Hall–Kier alpha value is -1.59. The fraction of sp³-hybridized carbons (Fsp3) is 0.611. The number of carbonyl (C=O) groups excluding carboxylic acids is 1. The van der Waals surface area contributed by atoms with Crippen molar-refractivity contribution in [2.24, 2.45) is 5.92 Å². The van der Waals surface area contributed by atoms with Gasteiger partial charge in [0.25, 0.3) is 0 Å². The predicted octanol–water partition coefficient (Wildman–Crippen LogP) is 2.75. The third kappa shape index (κ3) is 4.69. The molecule has 0 bridgehead atoms. The molecule has 1 aromatic rings. The van der Waals surface area contributed by atoms with Crippen LogP contribution in [0.5, 0.6) is 0 Å². The fourth-order valence-corrected chi connectivity index (χ4v) is 2.95. The SMILES string of the molecule is COC[C@H]1CN(C(=O)N[C@@H](c2ccccc2C)C(C)C)CCO1. The summed E-state index contributed by atoms with van der Waals surface area (Å²) in [5.41, 5.74) is 2.38. The van der Waals surface area contributed by atoms with Crippen LogP contribution in [0.15, 0.2) is 24.3 Å². The Balaban J connectivity index is 2.05. The fourth-order valence-electron chi connectivity index (χ4n) is 2.95. The van der Waals surface area contributed by atoms with Crippen molar-refractivity contribution in [2.75, 3.05) is 33.4 Å². The van der Waals surface area contributed by atoms with Crippen LogP contribution in [0.2, 0.25) is 0 Å². The standard InChI is InChI=1S/C18H28N2O3/c1-13(2)17(16-8-6-5-7-14(16)3)19-18(21)20-9-10-23-15(11-20)12-22-4/h5-8,13,15,17H,9-12H2,1-4H3,(H,19,21)/t15-,17-/m1/s1. The van der Waals surface area contributed by atoms with Crippen LogP contribution in [0.1, 0.15) is 31.0 Å². The summed E-state index contributed by atoms with van der Waals surface area (Å²) < 4.78 is 10.7. The quantitative estimate of drug-likeness (QED) is 0.907. The van der Waals surface area contributed by atoms with Gasteiger partial charge in [-0.25, -0.2) is 4.79 Å². The van der Waals surface area contributed by atoms with E-state index in [1.165, 1.54) is 11.1 Å². The molecular formula is C18H28N2O3. The average molecular weight is 320 g/mol. The van der Waals surface area contributed by atoms with Crippen LogP contribution in [0, 0.1) is 12.8 Å². The second kappa shape index (κ2) is 8.31. The highest BCUT2D eigenvalue weighted by atomic mass is 16.5. The van der Waals surface area contributed by atoms with Crippen molar-refractivity contribution in [1.29, 1.82) is 0 Å². The first-order chi connectivity index (χ1) is 11.0. The predicted molar refractivity (Wildman–Crippen MR) is 90.5 cm³/mol. The molecule has 1 fully saturated rings. The van der Waals surface area contributed by atoms with Gasteiger partial charge in [-0.1, -0.05) is 38.1 Å². The molecule has 1 aliphatic heterocycles. The van der Waals surface area contributed by atoms with Crippen molar-refractivity contribution in [1.82, 2.24) is 10.2 Å². The molecule has 1 aromatic carbocycles. The van der Waals surface area contributed by atoms with Gasteiger partial charge in [0.2, 0.25) is 0 Å². The Kier molecular flexibility index (Phi) is 6.42. The number of morpholine rings is 1. The molecule has 0 saturated carbocycles. The molecule has 1 heterocycles. The summed E-state index contributed by atoms with van der Waals surface area (Å²) >= 11 is 0. The first kappa shape index (κ1) is 17.8. The zero-order valence-electron chi connectivity index (χ0n) is 14.5. The summed E-state index contributed by atoms with van der Waals surface area (Å²) in [4.78, 5) is 14.5. The van der Waals surface area contributed by atoms with Gasteiger partial charge in [-0.3, -0.25) is 0 Å². The second-order valence-electron chi connectivity index (χ2n) is 6.42. The Morgan fingerprint density at radius 1 is 1.43 bits per heavy atom.